The summed E-state index contributed by atoms with van der Waals surface area (Å²) in [6.07, 6.45) is 2.18. The van der Waals surface area contributed by atoms with E-state index in [2.05, 4.69) is 88.0 Å². The summed E-state index contributed by atoms with van der Waals surface area (Å²) in [4.78, 5) is 6.35. The van der Waals surface area contributed by atoms with Crippen LogP contribution in [0.4, 0.5) is 0 Å². The fourth-order valence-electron chi connectivity index (χ4n) is 3.60. The second-order valence-corrected chi connectivity index (χ2v) is 8.46. The molecule has 29 heavy (non-hydrogen) atoms. The Bertz CT molecular complexity index is 777. The van der Waals surface area contributed by atoms with Gasteiger partial charge in [-0.2, -0.15) is 0 Å². The van der Waals surface area contributed by atoms with Crippen LogP contribution in [-0.2, 0) is 19.5 Å². The molecule has 0 saturated heterocycles. The third-order valence-electron chi connectivity index (χ3n) is 5.13. The van der Waals surface area contributed by atoms with Gasteiger partial charge in [0.2, 0.25) is 0 Å². The van der Waals surface area contributed by atoms with E-state index in [4.69, 9.17) is 0 Å². The molecule has 0 aliphatic rings. The van der Waals surface area contributed by atoms with Gasteiger partial charge < -0.3 is 5.11 Å². The van der Waals surface area contributed by atoms with Crippen molar-refractivity contribution in [2.24, 2.45) is 0 Å². The highest BCUT2D eigenvalue weighted by Gasteiger charge is 2.10. The molecular weight excluding hydrogens is 376 g/mol. The molecule has 0 unspecified atom stereocenters. The summed E-state index contributed by atoms with van der Waals surface area (Å²) in [6, 6.07) is 25.7. The number of hydrogen-bond donors (Lipinski definition) is 1. The predicted octanol–water partition coefficient (Wildman–Crippen LogP) is 4.68. The smallest absolute Gasteiger partial charge is 0.0558 e. The molecule has 0 aliphatic carbocycles. The van der Waals surface area contributed by atoms with Crippen molar-refractivity contribution in [1.82, 2.24) is 9.80 Å². The van der Waals surface area contributed by atoms with E-state index in [-0.39, 0.29) is 6.61 Å². The van der Waals surface area contributed by atoms with Crippen LogP contribution in [0.15, 0.2) is 78.2 Å². The molecule has 0 amide bonds. The first-order chi connectivity index (χ1) is 14.3. The fourth-order valence-corrected chi connectivity index (χ4v) is 4.34. The molecule has 4 heteroatoms. The van der Waals surface area contributed by atoms with E-state index < -0.39 is 0 Å². The summed E-state index contributed by atoms with van der Waals surface area (Å²) in [5, 5.41) is 11.6. The highest BCUT2D eigenvalue weighted by Crippen LogP contribution is 2.14. The Balaban J connectivity index is 1.51. The third kappa shape index (κ3) is 8.11. The minimum atomic E-state index is 0.208. The molecule has 0 saturated carbocycles. The minimum Gasteiger partial charge on any atom is -0.395 e. The van der Waals surface area contributed by atoms with E-state index in [1.807, 2.05) is 11.3 Å². The number of aliphatic hydroxyl groups excluding tert-OH is 1. The largest absolute Gasteiger partial charge is 0.395 e. The summed E-state index contributed by atoms with van der Waals surface area (Å²) >= 11 is 1.84. The molecule has 0 atom stereocenters. The number of benzene rings is 2. The van der Waals surface area contributed by atoms with Crippen LogP contribution >= 0.6 is 11.3 Å². The Morgan fingerprint density at radius 2 is 1.31 bits per heavy atom. The van der Waals surface area contributed by atoms with Gasteiger partial charge in [0, 0.05) is 31.1 Å². The van der Waals surface area contributed by atoms with Gasteiger partial charge in [0.15, 0.2) is 0 Å². The van der Waals surface area contributed by atoms with E-state index in [0.29, 0.717) is 0 Å². The minimum absolute atomic E-state index is 0.208. The van der Waals surface area contributed by atoms with Crippen LogP contribution in [0.25, 0.3) is 0 Å². The molecule has 2 aromatic carbocycles. The number of aliphatic hydroxyl groups is 1. The Morgan fingerprint density at radius 3 is 1.93 bits per heavy atom. The first kappa shape index (κ1) is 21.7. The molecule has 0 bridgehead atoms. The number of rotatable bonds is 13. The summed E-state index contributed by atoms with van der Waals surface area (Å²) in [6.45, 7) is 5.99. The van der Waals surface area contributed by atoms with Gasteiger partial charge in [-0.05, 0) is 48.5 Å². The van der Waals surface area contributed by atoms with Crippen LogP contribution in [0, 0.1) is 0 Å². The zero-order chi connectivity index (χ0) is 20.2. The Kier molecular flexibility index (Phi) is 9.40. The average molecular weight is 409 g/mol. The van der Waals surface area contributed by atoms with Crippen LogP contribution in [0.5, 0.6) is 0 Å². The summed E-state index contributed by atoms with van der Waals surface area (Å²) in [5.74, 6) is 0. The zero-order valence-corrected chi connectivity index (χ0v) is 17.9. The number of nitrogens with zero attached hydrogens (tertiary/aromatic N) is 2. The van der Waals surface area contributed by atoms with Crippen LogP contribution in [-0.4, -0.2) is 47.7 Å². The lowest BCUT2D eigenvalue weighted by atomic mass is 10.1. The molecule has 3 rings (SSSR count). The Morgan fingerprint density at radius 1 is 0.655 bits per heavy atom. The average Bonchev–Trinajstić information content (AvgIpc) is 3.26. The van der Waals surface area contributed by atoms with Gasteiger partial charge in [-0.1, -0.05) is 66.7 Å². The first-order valence-corrected chi connectivity index (χ1v) is 11.4. The molecule has 3 aromatic rings. The van der Waals surface area contributed by atoms with Gasteiger partial charge in [0.05, 0.1) is 6.61 Å². The molecule has 1 aromatic heterocycles. The van der Waals surface area contributed by atoms with Crippen molar-refractivity contribution in [1.29, 1.82) is 0 Å². The van der Waals surface area contributed by atoms with Crippen molar-refractivity contribution >= 4 is 11.3 Å². The van der Waals surface area contributed by atoms with Gasteiger partial charge >= 0.3 is 0 Å². The van der Waals surface area contributed by atoms with E-state index >= 15 is 0 Å². The van der Waals surface area contributed by atoms with E-state index in [1.54, 1.807) is 0 Å². The van der Waals surface area contributed by atoms with Crippen LogP contribution in [0.2, 0.25) is 0 Å². The van der Waals surface area contributed by atoms with Gasteiger partial charge in [0.1, 0.15) is 0 Å². The van der Waals surface area contributed by atoms with Crippen molar-refractivity contribution in [3.8, 4) is 0 Å². The van der Waals surface area contributed by atoms with E-state index in [9.17, 15) is 5.11 Å². The molecule has 1 N–H and O–H groups in total. The standard InChI is InChI=1S/C25H32N2OS/c28-19-18-27(21-24-11-5-2-6-12-24)16-8-15-26(22-25-13-7-20-29-25)17-14-23-9-3-1-4-10-23/h1-7,9-13,20,28H,8,14-19,21-22H2. The molecule has 0 fully saturated rings. The third-order valence-corrected chi connectivity index (χ3v) is 5.99. The monoisotopic (exact) mass is 408 g/mol. The van der Waals surface area contributed by atoms with Crippen molar-refractivity contribution in [2.75, 3.05) is 32.8 Å². The topological polar surface area (TPSA) is 26.7 Å². The quantitative estimate of drug-likeness (QED) is 0.445. The molecule has 3 nitrogen and oxygen atoms in total. The highest BCUT2D eigenvalue weighted by molar-refractivity contribution is 7.09. The summed E-state index contributed by atoms with van der Waals surface area (Å²) < 4.78 is 0. The first-order valence-electron chi connectivity index (χ1n) is 10.5. The normalized spacial score (nSPS) is 11.4. The van der Waals surface area contributed by atoms with Crippen molar-refractivity contribution in [2.45, 2.75) is 25.9 Å². The lowest BCUT2D eigenvalue weighted by Gasteiger charge is -2.25. The molecule has 0 aliphatic heterocycles. The fraction of sp³-hybridized carbons (Fsp3) is 0.360. The number of hydrogen-bond acceptors (Lipinski definition) is 4. The van der Waals surface area contributed by atoms with Crippen LogP contribution in [0.1, 0.15) is 22.4 Å². The molecule has 0 spiro atoms. The summed E-state index contributed by atoms with van der Waals surface area (Å²) in [7, 11) is 0. The second kappa shape index (κ2) is 12.6. The zero-order valence-electron chi connectivity index (χ0n) is 17.1. The van der Waals surface area contributed by atoms with Crippen molar-refractivity contribution in [3.05, 3.63) is 94.2 Å². The molecule has 0 radical (unpaired) electrons. The Hall–Kier alpha value is -1.98. The van der Waals surface area contributed by atoms with Gasteiger partial charge in [0.25, 0.3) is 0 Å². The maximum Gasteiger partial charge on any atom is 0.0558 e. The maximum atomic E-state index is 9.45. The second-order valence-electron chi connectivity index (χ2n) is 7.43. The SMILES string of the molecule is OCCN(CCCN(CCc1ccccc1)Cc1cccs1)Cc1ccccc1. The molecule has 154 valence electrons. The van der Waals surface area contributed by atoms with Crippen LogP contribution < -0.4 is 0 Å². The summed E-state index contributed by atoms with van der Waals surface area (Å²) in [5.41, 5.74) is 2.70. The van der Waals surface area contributed by atoms with Crippen LogP contribution in [0.3, 0.4) is 0 Å². The van der Waals surface area contributed by atoms with Gasteiger partial charge in [-0.25, -0.2) is 0 Å². The van der Waals surface area contributed by atoms with Crippen molar-refractivity contribution in [3.63, 3.8) is 0 Å². The lowest BCUT2D eigenvalue weighted by molar-refractivity contribution is 0.176. The van der Waals surface area contributed by atoms with E-state index in [1.165, 1.54) is 16.0 Å². The maximum absolute atomic E-state index is 9.45. The number of thiophene rings is 1. The van der Waals surface area contributed by atoms with E-state index in [0.717, 1.165) is 52.1 Å². The predicted molar refractivity (Wildman–Crippen MR) is 123 cm³/mol. The Labute approximate surface area is 179 Å². The van der Waals surface area contributed by atoms with Gasteiger partial charge in [-0.3, -0.25) is 9.80 Å². The molecule has 1 heterocycles. The lowest BCUT2D eigenvalue weighted by Crippen LogP contribution is -2.32. The highest BCUT2D eigenvalue weighted by atomic mass is 32.1. The molecular formula is C25H32N2OS. The van der Waals surface area contributed by atoms with Gasteiger partial charge in [-0.15, -0.1) is 11.3 Å². The van der Waals surface area contributed by atoms with Crippen molar-refractivity contribution < 1.29 is 5.11 Å².